The van der Waals surface area contributed by atoms with E-state index in [-0.39, 0.29) is 12.5 Å². The molecule has 0 aromatic carbocycles. The first-order chi connectivity index (χ1) is 9.38. The standard InChI is InChI=1S/C14H15BrN2O3/c1-9-3-5-11(20-9)14(2,19)8-17-13(18)10-4-6-12(15)16-7-10/h3-7,19H,8H2,1-2H3,(H,17,18). The molecule has 5 nitrogen and oxygen atoms in total. The summed E-state index contributed by atoms with van der Waals surface area (Å²) in [6, 6.07) is 6.80. The Morgan fingerprint density at radius 3 is 2.75 bits per heavy atom. The van der Waals surface area contributed by atoms with E-state index >= 15 is 0 Å². The Bertz CT molecular complexity index is 605. The Kier molecular flexibility index (Phi) is 4.25. The Balaban J connectivity index is 2.00. The zero-order valence-corrected chi connectivity index (χ0v) is 12.8. The van der Waals surface area contributed by atoms with Gasteiger partial charge in [-0.1, -0.05) is 0 Å². The third-order valence-electron chi connectivity index (χ3n) is 2.85. The van der Waals surface area contributed by atoms with Crippen LogP contribution in [-0.4, -0.2) is 22.5 Å². The average Bonchev–Trinajstić information content (AvgIpc) is 2.84. The number of hydrogen-bond donors (Lipinski definition) is 2. The van der Waals surface area contributed by atoms with Crippen LogP contribution in [0, 0.1) is 6.92 Å². The third kappa shape index (κ3) is 3.46. The van der Waals surface area contributed by atoms with E-state index in [2.05, 4.69) is 26.2 Å². The van der Waals surface area contributed by atoms with Crippen LogP contribution in [0.1, 0.15) is 28.8 Å². The number of amides is 1. The monoisotopic (exact) mass is 338 g/mol. The normalized spacial score (nSPS) is 13.8. The maximum Gasteiger partial charge on any atom is 0.252 e. The van der Waals surface area contributed by atoms with Crippen LogP contribution in [0.5, 0.6) is 0 Å². The van der Waals surface area contributed by atoms with Gasteiger partial charge in [-0.2, -0.15) is 0 Å². The van der Waals surface area contributed by atoms with Crippen LogP contribution in [0.25, 0.3) is 0 Å². The molecular formula is C14H15BrN2O3. The number of nitrogens with one attached hydrogen (secondary N) is 1. The smallest absolute Gasteiger partial charge is 0.252 e. The van der Waals surface area contributed by atoms with Crippen LogP contribution in [0.4, 0.5) is 0 Å². The van der Waals surface area contributed by atoms with Crippen molar-refractivity contribution in [3.8, 4) is 0 Å². The first kappa shape index (κ1) is 14.7. The van der Waals surface area contributed by atoms with Crippen LogP contribution in [0.2, 0.25) is 0 Å². The number of aromatic nitrogens is 1. The zero-order valence-electron chi connectivity index (χ0n) is 11.2. The molecule has 2 heterocycles. The minimum absolute atomic E-state index is 0.0504. The van der Waals surface area contributed by atoms with Crippen molar-refractivity contribution in [1.29, 1.82) is 0 Å². The molecule has 0 aliphatic carbocycles. The summed E-state index contributed by atoms with van der Waals surface area (Å²) in [4.78, 5) is 15.9. The summed E-state index contributed by atoms with van der Waals surface area (Å²) in [5.74, 6) is 0.835. The van der Waals surface area contributed by atoms with Crippen LogP contribution < -0.4 is 5.32 Å². The number of pyridine rings is 1. The lowest BCUT2D eigenvalue weighted by Gasteiger charge is -2.21. The van der Waals surface area contributed by atoms with Gasteiger partial charge < -0.3 is 14.8 Å². The number of carbonyl (C=O) groups is 1. The predicted molar refractivity (Wildman–Crippen MR) is 77.3 cm³/mol. The Morgan fingerprint density at radius 2 is 2.20 bits per heavy atom. The molecule has 0 aliphatic rings. The first-order valence-electron chi connectivity index (χ1n) is 6.07. The van der Waals surface area contributed by atoms with E-state index in [0.717, 1.165) is 0 Å². The molecule has 2 aromatic rings. The highest BCUT2D eigenvalue weighted by Crippen LogP contribution is 2.22. The zero-order chi connectivity index (χ0) is 14.8. The second-order valence-electron chi connectivity index (χ2n) is 4.74. The van der Waals surface area contributed by atoms with E-state index in [1.807, 2.05) is 0 Å². The molecule has 0 fully saturated rings. The number of aryl methyl sites for hydroxylation is 1. The summed E-state index contributed by atoms with van der Waals surface area (Å²) in [6.45, 7) is 3.44. The first-order valence-corrected chi connectivity index (χ1v) is 6.87. The molecule has 2 aromatic heterocycles. The Labute approximate surface area is 125 Å². The van der Waals surface area contributed by atoms with Gasteiger partial charge in [0.05, 0.1) is 12.1 Å². The van der Waals surface area contributed by atoms with E-state index < -0.39 is 5.60 Å². The summed E-state index contributed by atoms with van der Waals surface area (Å²) < 4.78 is 6.04. The van der Waals surface area contributed by atoms with Crippen molar-refractivity contribution in [2.75, 3.05) is 6.54 Å². The van der Waals surface area contributed by atoms with Crippen LogP contribution in [-0.2, 0) is 5.60 Å². The molecule has 1 atom stereocenters. The van der Waals surface area contributed by atoms with Gasteiger partial charge in [-0.05, 0) is 54.0 Å². The minimum Gasteiger partial charge on any atom is -0.463 e. The van der Waals surface area contributed by atoms with E-state index in [0.29, 0.717) is 21.7 Å². The van der Waals surface area contributed by atoms with Crippen molar-refractivity contribution in [1.82, 2.24) is 10.3 Å². The fourth-order valence-corrected chi connectivity index (χ4v) is 1.91. The summed E-state index contributed by atoms with van der Waals surface area (Å²) in [5.41, 5.74) is -0.827. The second kappa shape index (κ2) is 5.76. The van der Waals surface area contributed by atoms with Crippen molar-refractivity contribution in [3.63, 3.8) is 0 Å². The summed E-state index contributed by atoms with van der Waals surface area (Å²) in [6.07, 6.45) is 1.46. The summed E-state index contributed by atoms with van der Waals surface area (Å²) in [5, 5.41) is 13.0. The van der Waals surface area contributed by atoms with Gasteiger partial charge in [-0.25, -0.2) is 4.98 Å². The topological polar surface area (TPSA) is 75.4 Å². The molecular weight excluding hydrogens is 324 g/mol. The highest BCUT2D eigenvalue weighted by atomic mass is 79.9. The summed E-state index contributed by atoms with van der Waals surface area (Å²) >= 11 is 3.20. The third-order valence-corrected chi connectivity index (χ3v) is 3.32. The molecule has 6 heteroatoms. The lowest BCUT2D eigenvalue weighted by Crippen LogP contribution is -2.38. The Morgan fingerprint density at radius 1 is 1.45 bits per heavy atom. The van der Waals surface area contributed by atoms with Crippen molar-refractivity contribution < 1.29 is 14.3 Å². The molecule has 106 valence electrons. The van der Waals surface area contributed by atoms with Crippen LogP contribution in [0.15, 0.2) is 39.5 Å². The highest BCUT2D eigenvalue weighted by molar-refractivity contribution is 9.10. The molecule has 1 amide bonds. The lowest BCUT2D eigenvalue weighted by atomic mass is 10.0. The number of furan rings is 1. The SMILES string of the molecule is Cc1ccc(C(C)(O)CNC(=O)c2ccc(Br)nc2)o1. The number of aliphatic hydroxyl groups is 1. The number of nitrogens with zero attached hydrogens (tertiary/aromatic N) is 1. The summed E-state index contributed by atoms with van der Waals surface area (Å²) in [7, 11) is 0. The molecule has 0 saturated heterocycles. The quantitative estimate of drug-likeness (QED) is 0.839. The Hall–Kier alpha value is -1.66. The largest absolute Gasteiger partial charge is 0.463 e. The lowest BCUT2D eigenvalue weighted by molar-refractivity contribution is 0.0323. The van der Waals surface area contributed by atoms with E-state index in [1.165, 1.54) is 6.20 Å². The number of carbonyl (C=O) groups excluding carboxylic acids is 1. The average molecular weight is 339 g/mol. The molecule has 0 radical (unpaired) electrons. The molecule has 0 saturated carbocycles. The molecule has 0 aliphatic heterocycles. The van der Waals surface area contributed by atoms with Gasteiger partial charge in [0.1, 0.15) is 21.7 Å². The molecule has 2 N–H and O–H groups in total. The van der Waals surface area contributed by atoms with Crippen molar-refractivity contribution in [2.24, 2.45) is 0 Å². The van der Waals surface area contributed by atoms with Gasteiger partial charge >= 0.3 is 0 Å². The molecule has 2 rings (SSSR count). The maximum atomic E-state index is 11.9. The van der Waals surface area contributed by atoms with Gasteiger partial charge in [0.25, 0.3) is 5.91 Å². The fourth-order valence-electron chi connectivity index (χ4n) is 1.68. The molecule has 0 bridgehead atoms. The van der Waals surface area contributed by atoms with Crippen LogP contribution in [0.3, 0.4) is 0 Å². The van der Waals surface area contributed by atoms with Gasteiger partial charge in [0.15, 0.2) is 0 Å². The van der Waals surface area contributed by atoms with Crippen molar-refractivity contribution in [2.45, 2.75) is 19.4 Å². The molecule has 0 spiro atoms. The van der Waals surface area contributed by atoms with Crippen molar-refractivity contribution in [3.05, 3.63) is 52.1 Å². The van der Waals surface area contributed by atoms with Gasteiger partial charge in [-0.15, -0.1) is 0 Å². The second-order valence-corrected chi connectivity index (χ2v) is 5.55. The fraction of sp³-hybridized carbons (Fsp3) is 0.286. The van der Waals surface area contributed by atoms with E-state index in [1.54, 1.807) is 38.1 Å². The number of hydrogen-bond acceptors (Lipinski definition) is 4. The molecule has 1 unspecified atom stereocenters. The highest BCUT2D eigenvalue weighted by Gasteiger charge is 2.27. The maximum absolute atomic E-state index is 11.9. The predicted octanol–water partition coefficient (Wildman–Crippen LogP) is 2.38. The van der Waals surface area contributed by atoms with E-state index in [4.69, 9.17) is 4.42 Å². The van der Waals surface area contributed by atoms with Crippen molar-refractivity contribution >= 4 is 21.8 Å². The number of rotatable bonds is 4. The number of halogens is 1. The van der Waals surface area contributed by atoms with Gasteiger partial charge in [0, 0.05) is 6.20 Å². The van der Waals surface area contributed by atoms with Crippen LogP contribution >= 0.6 is 15.9 Å². The van der Waals surface area contributed by atoms with Gasteiger partial charge in [-0.3, -0.25) is 4.79 Å². The minimum atomic E-state index is -1.26. The van der Waals surface area contributed by atoms with E-state index in [9.17, 15) is 9.90 Å². The molecule has 20 heavy (non-hydrogen) atoms. The van der Waals surface area contributed by atoms with Gasteiger partial charge in [0.2, 0.25) is 0 Å².